The molecule has 1 aliphatic heterocycles. The van der Waals surface area contributed by atoms with Crippen LogP contribution in [0.3, 0.4) is 0 Å². The Hall–Kier alpha value is -1.76. The van der Waals surface area contributed by atoms with Gasteiger partial charge in [0.15, 0.2) is 0 Å². The lowest BCUT2D eigenvalue weighted by molar-refractivity contribution is 0.750. The Morgan fingerprint density at radius 2 is 1.79 bits per heavy atom. The molecule has 2 aromatic carbocycles. The Bertz CT molecular complexity index is 554. The van der Waals surface area contributed by atoms with Crippen molar-refractivity contribution in [3.05, 3.63) is 65.2 Å². The highest BCUT2D eigenvalue weighted by molar-refractivity contribution is 5.57. The van der Waals surface area contributed by atoms with E-state index in [4.69, 9.17) is 0 Å². The maximum atomic E-state index is 3.50. The van der Waals surface area contributed by atoms with E-state index in [0.29, 0.717) is 11.8 Å². The normalized spacial score (nSPS) is 17.3. The second kappa shape index (κ2) is 5.08. The van der Waals surface area contributed by atoms with Crippen LogP contribution in [0.2, 0.25) is 0 Å². The molecule has 2 aromatic rings. The van der Waals surface area contributed by atoms with Gasteiger partial charge in [0.05, 0.1) is 0 Å². The van der Waals surface area contributed by atoms with Crippen molar-refractivity contribution >= 4 is 5.69 Å². The Morgan fingerprint density at radius 3 is 2.53 bits per heavy atom. The molecule has 1 heterocycles. The van der Waals surface area contributed by atoms with Crippen molar-refractivity contribution in [2.24, 2.45) is 0 Å². The molecule has 0 bridgehead atoms. The maximum absolute atomic E-state index is 3.50. The molecule has 1 N–H and O–H groups in total. The molecule has 0 saturated heterocycles. The first-order valence-corrected chi connectivity index (χ1v) is 7.15. The number of hydrogen-bond acceptors (Lipinski definition) is 1. The van der Waals surface area contributed by atoms with Crippen LogP contribution in [0.4, 0.5) is 5.69 Å². The van der Waals surface area contributed by atoms with Crippen LogP contribution < -0.4 is 5.32 Å². The number of rotatable bonds is 3. The van der Waals surface area contributed by atoms with Crippen molar-refractivity contribution in [2.45, 2.75) is 32.1 Å². The third-order valence-corrected chi connectivity index (χ3v) is 4.07. The molecule has 1 aliphatic rings. The molecule has 1 nitrogen and oxygen atoms in total. The van der Waals surface area contributed by atoms with Crippen LogP contribution in [0.25, 0.3) is 0 Å². The molecule has 19 heavy (non-hydrogen) atoms. The van der Waals surface area contributed by atoms with E-state index in [1.807, 2.05) is 0 Å². The fourth-order valence-corrected chi connectivity index (χ4v) is 2.86. The molecule has 0 fully saturated rings. The highest BCUT2D eigenvalue weighted by atomic mass is 14.9. The van der Waals surface area contributed by atoms with E-state index in [-0.39, 0.29) is 0 Å². The second-order valence-corrected chi connectivity index (χ2v) is 5.77. The van der Waals surface area contributed by atoms with Gasteiger partial charge in [-0.05, 0) is 35.1 Å². The maximum Gasteiger partial charge on any atom is 0.0376 e. The fourth-order valence-electron chi connectivity index (χ4n) is 2.86. The van der Waals surface area contributed by atoms with Gasteiger partial charge in [0.1, 0.15) is 0 Å². The molecule has 1 unspecified atom stereocenters. The molecule has 0 amide bonds. The zero-order chi connectivity index (χ0) is 13.2. The van der Waals surface area contributed by atoms with Gasteiger partial charge in [-0.3, -0.25) is 0 Å². The number of nitrogens with one attached hydrogen (secondary N) is 1. The molecule has 0 radical (unpaired) electrons. The van der Waals surface area contributed by atoms with Gasteiger partial charge in [0.25, 0.3) is 0 Å². The van der Waals surface area contributed by atoms with Crippen LogP contribution in [0, 0.1) is 0 Å². The van der Waals surface area contributed by atoms with Gasteiger partial charge in [0, 0.05) is 18.2 Å². The largest absolute Gasteiger partial charge is 0.384 e. The number of para-hydroxylation sites is 1. The van der Waals surface area contributed by atoms with E-state index in [0.717, 1.165) is 13.0 Å². The summed E-state index contributed by atoms with van der Waals surface area (Å²) >= 11 is 0. The smallest absolute Gasteiger partial charge is 0.0376 e. The van der Waals surface area contributed by atoms with Crippen LogP contribution in [0.5, 0.6) is 0 Å². The Balaban J connectivity index is 1.76. The van der Waals surface area contributed by atoms with Gasteiger partial charge < -0.3 is 5.32 Å². The monoisotopic (exact) mass is 251 g/mol. The molecule has 0 saturated carbocycles. The first-order valence-electron chi connectivity index (χ1n) is 7.15. The van der Waals surface area contributed by atoms with Gasteiger partial charge >= 0.3 is 0 Å². The van der Waals surface area contributed by atoms with Gasteiger partial charge in [-0.1, -0.05) is 56.3 Å². The van der Waals surface area contributed by atoms with Crippen LogP contribution in [0.15, 0.2) is 48.5 Å². The van der Waals surface area contributed by atoms with Crippen molar-refractivity contribution in [3.8, 4) is 0 Å². The molecule has 0 spiro atoms. The third-order valence-electron chi connectivity index (χ3n) is 4.07. The van der Waals surface area contributed by atoms with E-state index in [9.17, 15) is 0 Å². The summed E-state index contributed by atoms with van der Waals surface area (Å²) in [6.07, 6.45) is 1.13. The minimum absolute atomic E-state index is 0.612. The third kappa shape index (κ3) is 2.51. The van der Waals surface area contributed by atoms with E-state index >= 15 is 0 Å². The SMILES string of the molecule is CC(C)c1ccc(CC2CNc3ccccc32)cc1. The van der Waals surface area contributed by atoms with Crippen molar-refractivity contribution in [1.82, 2.24) is 0 Å². The predicted molar refractivity (Wildman–Crippen MR) is 81.9 cm³/mol. The lowest BCUT2D eigenvalue weighted by atomic mass is 9.92. The molecule has 98 valence electrons. The summed E-state index contributed by atoms with van der Waals surface area (Å²) < 4.78 is 0. The van der Waals surface area contributed by atoms with Crippen molar-refractivity contribution < 1.29 is 0 Å². The van der Waals surface area contributed by atoms with E-state index in [1.165, 1.54) is 22.4 Å². The number of benzene rings is 2. The summed E-state index contributed by atoms with van der Waals surface area (Å²) in [5.41, 5.74) is 5.64. The summed E-state index contributed by atoms with van der Waals surface area (Å²) in [6, 6.07) is 17.8. The van der Waals surface area contributed by atoms with Crippen LogP contribution in [0.1, 0.15) is 42.4 Å². The molecule has 1 heteroatoms. The zero-order valence-corrected chi connectivity index (χ0v) is 11.7. The standard InChI is InChI=1S/C18H21N/c1-13(2)15-9-7-14(8-10-15)11-16-12-19-18-6-4-3-5-17(16)18/h3-10,13,16,19H,11-12H2,1-2H3. The molecule has 1 atom stereocenters. The summed E-state index contributed by atoms with van der Waals surface area (Å²) in [5, 5.41) is 3.50. The quantitative estimate of drug-likeness (QED) is 0.843. The van der Waals surface area contributed by atoms with Crippen molar-refractivity contribution in [1.29, 1.82) is 0 Å². The molecule has 0 aliphatic carbocycles. The van der Waals surface area contributed by atoms with E-state index in [1.54, 1.807) is 0 Å². The van der Waals surface area contributed by atoms with Crippen LogP contribution in [-0.2, 0) is 6.42 Å². The predicted octanol–water partition coefficient (Wildman–Crippen LogP) is 4.56. The molecular formula is C18H21N. The van der Waals surface area contributed by atoms with Gasteiger partial charge in [-0.25, -0.2) is 0 Å². The lowest BCUT2D eigenvalue weighted by Crippen LogP contribution is -2.05. The average molecular weight is 251 g/mol. The average Bonchev–Trinajstić information content (AvgIpc) is 2.83. The summed E-state index contributed by atoms with van der Waals surface area (Å²) in [4.78, 5) is 0. The van der Waals surface area contributed by atoms with E-state index in [2.05, 4.69) is 67.7 Å². The first kappa shape index (κ1) is 12.3. The van der Waals surface area contributed by atoms with Gasteiger partial charge in [-0.2, -0.15) is 0 Å². The van der Waals surface area contributed by atoms with Gasteiger partial charge in [0.2, 0.25) is 0 Å². The minimum Gasteiger partial charge on any atom is -0.384 e. The molecule has 3 rings (SSSR count). The highest BCUT2D eigenvalue weighted by Crippen LogP contribution is 2.33. The first-order chi connectivity index (χ1) is 9.24. The van der Waals surface area contributed by atoms with Crippen molar-refractivity contribution in [3.63, 3.8) is 0 Å². The highest BCUT2D eigenvalue weighted by Gasteiger charge is 2.21. The van der Waals surface area contributed by atoms with Gasteiger partial charge in [-0.15, -0.1) is 0 Å². The second-order valence-electron chi connectivity index (χ2n) is 5.77. The van der Waals surface area contributed by atoms with E-state index < -0.39 is 0 Å². The topological polar surface area (TPSA) is 12.0 Å². The number of hydrogen-bond donors (Lipinski definition) is 1. The number of anilines is 1. The summed E-state index contributed by atoms with van der Waals surface area (Å²) in [7, 11) is 0. The minimum atomic E-state index is 0.612. The Morgan fingerprint density at radius 1 is 1.05 bits per heavy atom. The molecular weight excluding hydrogens is 230 g/mol. The van der Waals surface area contributed by atoms with Crippen LogP contribution >= 0.6 is 0 Å². The Labute approximate surface area is 115 Å². The lowest BCUT2D eigenvalue weighted by Gasteiger charge is -2.11. The zero-order valence-electron chi connectivity index (χ0n) is 11.7. The Kier molecular flexibility index (Phi) is 3.29. The molecule has 0 aromatic heterocycles. The number of fused-ring (bicyclic) bond motifs is 1. The summed E-state index contributed by atoms with van der Waals surface area (Å²) in [6.45, 7) is 5.55. The fraction of sp³-hybridized carbons (Fsp3) is 0.333. The van der Waals surface area contributed by atoms with Crippen molar-refractivity contribution in [2.75, 3.05) is 11.9 Å². The van der Waals surface area contributed by atoms with Crippen LogP contribution in [-0.4, -0.2) is 6.54 Å². The summed E-state index contributed by atoms with van der Waals surface area (Å²) in [5.74, 6) is 1.23.